The second-order valence-electron chi connectivity index (χ2n) is 4.95. The summed E-state index contributed by atoms with van der Waals surface area (Å²) in [6.45, 7) is 7.04. The number of aromatic nitrogens is 1. The molecule has 0 amide bonds. The molecular weight excluding hydrogens is 248 g/mol. The molecule has 3 nitrogen and oxygen atoms in total. The molecule has 1 N–H and O–H groups in total. The Bertz CT molecular complexity index is 551. The number of anilines is 2. The molecule has 106 valence electrons. The molecule has 0 aliphatic heterocycles. The SMILES string of the molecule is CCC(O)c1ccc(N(CC)c2cccc(C)c2)cn1. The number of benzene rings is 1. The number of nitrogens with zero attached hydrogens (tertiary/aromatic N) is 2. The quantitative estimate of drug-likeness (QED) is 0.892. The molecule has 2 rings (SSSR count). The number of rotatable bonds is 5. The molecule has 1 aromatic heterocycles. The lowest BCUT2D eigenvalue weighted by molar-refractivity contribution is 0.169. The van der Waals surface area contributed by atoms with Crippen molar-refractivity contribution in [2.45, 2.75) is 33.3 Å². The summed E-state index contributed by atoms with van der Waals surface area (Å²) in [6, 6.07) is 12.4. The van der Waals surface area contributed by atoms with Gasteiger partial charge in [-0.3, -0.25) is 4.98 Å². The van der Waals surface area contributed by atoms with E-state index in [1.807, 2.05) is 25.3 Å². The van der Waals surface area contributed by atoms with Crippen molar-refractivity contribution in [1.29, 1.82) is 0 Å². The van der Waals surface area contributed by atoms with E-state index in [0.29, 0.717) is 6.42 Å². The fraction of sp³-hybridized carbons (Fsp3) is 0.353. The zero-order valence-corrected chi connectivity index (χ0v) is 12.4. The van der Waals surface area contributed by atoms with E-state index in [2.05, 4.69) is 48.0 Å². The van der Waals surface area contributed by atoms with E-state index >= 15 is 0 Å². The van der Waals surface area contributed by atoms with Crippen LogP contribution in [0, 0.1) is 6.92 Å². The van der Waals surface area contributed by atoms with Gasteiger partial charge in [0, 0.05) is 12.2 Å². The van der Waals surface area contributed by atoms with Crippen molar-refractivity contribution >= 4 is 11.4 Å². The van der Waals surface area contributed by atoms with E-state index in [9.17, 15) is 5.11 Å². The van der Waals surface area contributed by atoms with Crippen LogP contribution in [0.15, 0.2) is 42.6 Å². The number of pyridine rings is 1. The molecule has 0 radical (unpaired) electrons. The van der Waals surface area contributed by atoms with Gasteiger partial charge in [0.2, 0.25) is 0 Å². The average Bonchev–Trinajstić information content (AvgIpc) is 2.48. The Morgan fingerprint density at radius 2 is 1.95 bits per heavy atom. The molecule has 3 heteroatoms. The van der Waals surface area contributed by atoms with Gasteiger partial charge in [-0.15, -0.1) is 0 Å². The summed E-state index contributed by atoms with van der Waals surface area (Å²) in [5.41, 5.74) is 4.19. The van der Waals surface area contributed by atoms with Gasteiger partial charge in [-0.1, -0.05) is 19.1 Å². The molecule has 1 atom stereocenters. The van der Waals surface area contributed by atoms with Crippen LogP contribution in [0.5, 0.6) is 0 Å². The van der Waals surface area contributed by atoms with E-state index in [-0.39, 0.29) is 0 Å². The van der Waals surface area contributed by atoms with Crippen LogP contribution in [-0.2, 0) is 0 Å². The van der Waals surface area contributed by atoms with Crippen LogP contribution in [0.4, 0.5) is 11.4 Å². The molecule has 1 unspecified atom stereocenters. The van der Waals surface area contributed by atoms with Crippen molar-refractivity contribution < 1.29 is 5.11 Å². The van der Waals surface area contributed by atoms with Gasteiger partial charge in [-0.05, 0) is 50.1 Å². The molecule has 2 aromatic rings. The van der Waals surface area contributed by atoms with Crippen molar-refractivity contribution in [1.82, 2.24) is 4.98 Å². The van der Waals surface area contributed by atoms with Crippen molar-refractivity contribution in [3.05, 3.63) is 53.9 Å². The van der Waals surface area contributed by atoms with Gasteiger partial charge in [-0.2, -0.15) is 0 Å². The maximum Gasteiger partial charge on any atom is 0.0957 e. The highest BCUT2D eigenvalue weighted by Crippen LogP contribution is 2.26. The minimum atomic E-state index is -0.474. The van der Waals surface area contributed by atoms with Crippen molar-refractivity contribution in [2.24, 2.45) is 0 Å². The van der Waals surface area contributed by atoms with Crippen LogP contribution in [0.1, 0.15) is 37.6 Å². The molecule has 1 heterocycles. The lowest BCUT2D eigenvalue weighted by Gasteiger charge is -2.23. The first-order valence-electron chi connectivity index (χ1n) is 7.14. The minimum absolute atomic E-state index is 0.474. The first-order chi connectivity index (χ1) is 9.65. The summed E-state index contributed by atoms with van der Waals surface area (Å²) in [7, 11) is 0. The van der Waals surface area contributed by atoms with Gasteiger partial charge in [0.1, 0.15) is 0 Å². The molecule has 20 heavy (non-hydrogen) atoms. The Balaban J connectivity index is 2.28. The highest BCUT2D eigenvalue weighted by Gasteiger charge is 2.10. The van der Waals surface area contributed by atoms with Gasteiger partial charge in [0.25, 0.3) is 0 Å². The van der Waals surface area contributed by atoms with E-state index in [4.69, 9.17) is 0 Å². The van der Waals surface area contributed by atoms with Crippen molar-refractivity contribution in [3.63, 3.8) is 0 Å². The lowest BCUT2D eigenvalue weighted by Crippen LogP contribution is -2.16. The number of aliphatic hydroxyl groups is 1. The third-order valence-electron chi connectivity index (χ3n) is 3.44. The fourth-order valence-electron chi connectivity index (χ4n) is 2.27. The van der Waals surface area contributed by atoms with Gasteiger partial charge in [0.15, 0.2) is 0 Å². The Labute approximate surface area is 120 Å². The smallest absolute Gasteiger partial charge is 0.0957 e. The number of hydrogen-bond acceptors (Lipinski definition) is 3. The predicted octanol–water partition coefficient (Wildman–Crippen LogP) is 3.99. The molecule has 0 aliphatic carbocycles. The molecule has 0 spiro atoms. The van der Waals surface area contributed by atoms with E-state index in [1.165, 1.54) is 5.56 Å². The molecule has 0 saturated carbocycles. The van der Waals surface area contributed by atoms with Gasteiger partial charge < -0.3 is 10.0 Å². The molecule has 0 aliphatic rings. The monoisotopic (exact) mass is 270 g/mol. The Morgan fingerprint density at radius 3 is 2.50 bits per heavy atom. The van der Waals surface area contributed by atoms with Crippen molar-refractivity contribution in [2.75, 3.05) is 11.4 Å². The molecule has 1 aromatic carbocycles. The largest absolute Gasteiger partial charge is 0.387 e. The number of aliphatic hydroxyl groups excluding tert-OH is 1. The number of hydrogen-bond donors (Lipinski definition) is 1. The zero-order chi connectivity index (χ0) is 14.5. The normalized spacial score (nSPS) is 12.2. The first-order valence-corrected chi connectivity index (χ1v) is 7.14. The minimum Gasteiger partial charge on any atom is -0.387 e. The van der Waals surface area contributed by atoms with Gasteiger partial charge in [-0.25, -0.2) is 0 Å². The summed E-state index contributed by atoms with van der Waals surface area (Å²) in [6.07, 6.45) is 2.04. The molecule has 0 fully saturated rings. The summed E-state index contributed by atoms with van der Waals surface area (Å²) < 4.78 is 0. The van der Waals surface area contributed by atoms with Gasteiger partial charge >= 0.3 is 0 Å². The summed E-state index contributed by atoms with van der Waals surface area (Å²) in [5.74, 6) is 0. The maximum atomic E-state index is 9.79. The summed E-state index contributed by atoms with van der Waals surface area (Å²) in [5, 5.41) is 9.79. The highest BCUT2D eigenvalue weighted by molar-refractivity contribution is 5.63. The van der Waals surface area contributed by atoms with Crippen molar-refractivity contribution in [3.8, 4) is 0 Å². The van der Waals surface area contributed by atoms with E-state index in [1.54, 1.807) is 0 Å². The van der Waals surface area contributed by atoms with Gasteiger partial charge in [0.05, 0.1) is 23.7 Å². The number of aryl methyl sites for hydroxylation is 1. The summed E-state index contributed by atoms with van der Waals surface area (Å²) >= 11 is 0. The van der Waals surface area contributed by atoms with Crippen LogP contribution < -0.4 is 4.90 Å². The fourth-order valence-corrected chi connectivity index (χ4v) is 2.27. The van der Waals surface area contributed by atoms with Crippen LogP contribution in [-0.4, -0.2) is 16.6 Å². The standard InChI is InChI=1S/C17H22N2O/c1-4-17(20)16-10-9-15(12-18-16)19(5-2)14-8-6-7-13(3)11-14/h6-12,17,20H,4-5H2,1-3H3. The topological polar surface area (TPSA) is 36.4 Å². The zero-order valence-electron chi connectivity index (χ0n) is 12.4. The third kappa shape index (κ3) is 3.17. The molecule has 0 bridgehead atoms. The Kier molecular flexibility index (Phi) is 4.74. The average molecular weight is 270 g/mol. The second kappa shape index (κ2) is 6.53. The molecular formula is C17H22N2O. The van der Waals surface area contributed by atoms with Crippen LogP contribution in [0.2, 0.25) is 0 Å². The Hall–Kier alpha value is -1.87. The summed E-state index contributed by atoms with van der Waals surface area (Å²) in [4.78, 5) is 6.58. The van der Waals surface area contributed by atoms with E-state index in [0.717, 1.165) is 23.6 Å². The van der Waals surface area contributed by atoms with Crippen LogP contribution in [0.3, 0.4) is 0 Å². The first kappa shape index (κ1) is 14.5. The Morgan fingerprint density at radius 1 is 1.15 bits per heavy atom. The highest BCUT2D eigenvalue weighted by atomic mass is 16.3. The second-order valence-corrected chi connectivity index (χ2v) is 4.95. The van der Waals surface area contributed by atoms with Crippen LogP contribution in [0.25, 0.3) is 0 Å². The maximum absolute atomic E-state index is 9.79. The molecule has 0 saturated heterocycles. The predicted molar refractivity (Wildman–Crippen MR) is 83.3 cm³/mol. The van der Waals surface area contributed by atoms with Crippen LogP contribution >= 0.6 is 0 Å². The lowest BCUT2D eigenvalue weighted by atomic mass is 10.1. The third-order valence-corrected chi connectivity index (χ3v) is 3.44. The van der Waals surface area contributed by atoms with E-state index < -0.39 is 6.10 Å².